The average molecular weight is 255 g/mol. The monoisotopic (exact) mass is 255 g/mol. The third-order valence-corrected chi connectivity index (χ3v) is 4.40. The second-order valence-corrected chi connectivity index (χ2v) is 5.65. The molecule has 0 bridgehead atoms. The van der Waals surface area contributed by atoms with Crippen LogP contribution in [0, 0.1) is 0 Å². The molecule has 0 saturated carbocycles. The molecule has 2 aliphatic rings. The van der Waals surface area contributed by atoms with E-state index in [9.17, 15) is 0 Å². The average Bonchev–Trinajstić information content (AvgIpc) is 2.46. The molecule has 0 aromatic rings. The molecule has 0 aliphatic carbocycles. The van der Waals surface area contributed by atoms with E-state index in [4.69, 9.17) is 4.74 Å². The Labute approximate surface area is 112 Å². The van der Waals surface area contributed by atoms with Gasteiger partial charge in [0.1, 0.15) is 0 Å². The Morgan fingerprint density at radius 3 is 2.83 bits per heavy atom. The largest absolute Gasteiger partial charge is 0.378 e. The van der Waals surface area contributed by atoms with Gasteiger partial charge in [-0.1, -0.05) is 6.92 Å². The fraction of sp³-hybridized carbons (Fsp3) is 1.00. The third-order valence-electron chi connectivity index (χ3n) is 4.40. The second kappa shape index (κ2) is 7.43. The van der Waals surface area contributed by atoms with Gasteiger partial charge in [-0.15, -0.1) is 0 Å². The molecule has 2 atom stereocenters. The highest BCUT2D eigenvalue weighted by Gasteiger charge is 2.24. The van der Waals surface area contributed by atoms with E-state index >= 15 is 0 Å². The molecule has 4 nitrogen and oxygen atoms in total. The fourth-order valence-electron chi connectivity index (χ4n) is 2.96. The van der Waals surface area contributed by atoms with Gasteiger partial charge in [-0.3, -0.25) is 4.90 Å². The fourth-order valence-corrected chi connectivity index (χ4v) is 2.96. The Morgan fingerprint density at radius 1 is 1.33 bits per heavy atom. The van der Waals surface area contributed by atoms with Crippen LogP contribution in [0.4, 0.5) is 0 Å². The topological polar surface area (TPSA) is 27.7 Å². The molecular formula is C14H29N3O. The number of hydrogen-bond acceptors (Lipinski definition) is 4. The standard InChI is InChI=1S/C14H29N3O/c1-3-14-12-13(4-11-18-14)16(2)9-10-17-7-5-15-6-8-17/h13-15H,3-12H2,1-2H3. The lowest BCUT2D eigenvalue weighted by Gasteiger charge is -2.36. The molecule has 18 heavy (non-hydrogen) atoms. The van der Waals surface area contributed by atoms with Crippen LogP contribution < -0.4 is 5.32 Å². The molecule has 0 radical (unpaired) electrons. The molecule has 0 amide bonds. The van der Waals surface area contributed by atoms with E-state index in [1.54, 1.807) is 0 Å². The van der Waals surface area contributed by atoms with E-state index in [0.29, 0.717) is 6.10 Å². The van der Waals surface area contributed by atoms with Crippen LogP contribution in [-0.2, 0) is 4.74 Å². The molecule has 2 fully saturated rings. The smallest absolute Gasteiger partial charge is 0.0587 e. The first-order valence-electron chi connectivity index (χ1n) is 7.54. The van der Waals surface area contributed by atoms with Crippen molar-refractivity contribution in [3.63, 3.8) is 0 Å². The third kappa shape index (κ3) is 4.19. The van der Waals surface area contributed by atoms with Crippen LogP contribution in [0.2, 0.25) is 0 Å². The lowest BCUT2D eigenvalue weighted by Crippen LogP contribution is -2.48. The highest BCUT2D eigenvalue weighted by atomic mass is 16.5. The summed E-state index contributed by atoms with van der Waals surface area (Å²) < 4.78 is 5.76. The highest BCUT2D eigenvalue weighted by molar-refractivity contribution is 4.78. The first-order valence-corrected chi connectivity index (χ1v) is 7.54. The van der Waals surface area contributed by atoms with Crippen LogP contribution in [0.5, 0.6) is 0 Å². The zero-order chi connectivity index (χ0) is 12.8. The predicted octanol–water partition coefficient (Wildman–Crippen LogP) is 0.781. The minimum Gasteiger partial charge on any atom is -0.378 e. The summed E-state index contributed by atoms with van der Waals surface area (Å²) in [7, 11) is 2.28. The number of rotatable bonds is 5. The Balaban J connectivity index is 1.68. The summed E-state index contributed by atoms with van der Waals surface area (Å²) in [6.45, 7) is 10.3. The maximum Gasteiger partial charge on any atom is 0.0587 e. The minimum atomic E-state index is 0.491. The van der Waals surface area contributed by atoms with Crippen LogP contribution in [0.3, 0.4) is 0 Å². The van der Waals surface area contributed by atoms with E-state index in [0.717, 1.165) is 32.2 Å². The van der Waals surface area contributed by atoms with Crippen LogP contribution in [-0.4, -0.2) is 74.9 Å². The van der Waals surface area contributed by atoms with E-state index in [-0.39, 0.29) is 0 Å². The predicted molar refractivity (Wildman–Crippen MR) is 75.0 cm³/mol. The summed E-state index contributed by atoms with van der Waals surface area (Å²) in [6, 6.07) is 0.728. The van der Waals surface area contributed by atoms with E-state index in [1.807, 2.05) is 0 Å². The minimum absolute atomic E-state index is 0.491. The number of likely N-dealkylation sites (N-methyl/N-ethyl adjacent to an activating group) is 1. The first kappa shape index (κ1) is 14.3. The van der Waals surface area contributed by atoms with Crippen molar-refractivity contribution in [2.45, 2.75) is 38.3 Å². The van der Waals surface area contributed by atoms with Crippen molar-refractivity contribution in [3.8, 4) is 0 Å². The molecule has 0 aromatic carbocycles. The molecule has 106 valence electrons. The quantitative estimate of drug-likeness (QED) is 0.786. The Kier molecular flexibility index (Phi) is 5.89. The molecule has 2 rings (SSSR count). The lowest BCUT2D eigenvalue weighted by atomic mass is 10.0. The SMILES string of the molecule is CCC1CC(N(C)CCN2CCNCC2)CCO1. The summed E-state index contributed by atoms with van der Waals surface area (Å²) >= 11 is 0. The summed E-state index contributed by atoms with van der Waals surface area (Å²) in [5.74, 6) is 0. The second-order valence-electron chi connectivity index (χ2n) is 5.65. The van der Waals surface area contributed by atoms with Gasteiger partial charge in [-0.25, -0.2) is 0 Å². The molecule has 2 unspecified atom stereocenters. The number of nitrogens with zero attached hydrogens (tertiary/aromatic N) is 2. The molecule has 0 aromatic heterocycles. The van der Waals surface area contributed by atoms with Gasteiger partial charge in [0.15, 0.2) is 0 Å². The van der Waals surface area contributed by atoms with Gasteiger partial charge >= 0.3 is 0 Å². The van der Waals surface area contributed by atoms with Crippen LogP contribution in [0.15, 0.2) is 0 Å². The van der Waals surface area contributed by atoms with Crippen molar-refractivity contribution in [3.05, 3.63) is 0 Å². The van der Waals surface area contributed by atoms with E-state index in [1.165, 1.54) is 39.0 Å². The molecule has 2 aliphatic heterocycles. The van der Waals surface area contributed by atoms with Crippen LogP contribution in [0.25, 0.3) is 0 Å². The molecule has 4 heteroatoms. The lowest BCUT2D eigenvalue weighted by molar-refractivity contribution is -0.0244. The van der Waals surface area contributed by atoms with E-state index < -0.39 is 0 Å². The molecule has 1 N–H and O–H groups in total. The van der Waals surface area contributed by atoms with Gasteiger partial charge in [0.25, 0.3) is 0 Å². The van der Waals surface area contributed by atoms with Crippen molar-refractivity contribution >= 4 is 0 Å². The zero-order valence-corrected chi connectivity index (χ0v) is 12.0. The normalized spacial score (nSPS) is 30.8. The van der Waals surface area contributed by atoms with Crippen LogP contribution in [0.1, 0.15) is 26.2 Å². The number of hydrogen-bond donors (Lipinski definition) is 1. The van der Waals surface area contributed by atoms with Gasteiger partial charge in [0, 0.05) is 51.9 Å². The molecule has 2 heterocycles. The number of piperazine rings is 1. The van der Waals surface area contributed by atoms with Crippen molar-refractivity contribution in [2.75, 3.05) is 52.9 Å². The molecule has 0 spiro atoms. The number of ether oxygens (including phenoxy) is 1. The summed E-state index contributed by atoms with van der Waals surface area (Å²) in [6.07, 6.45) is 4.07. The number of nitrogens with one attached hydrogen (secondary N) is 1. The molecule has 2 saturated heterocycles. The Morgan fingerprint density at radius 2 is 2.11 bits per heavy atom. The van der Waals surface area contributed by atoms with E-state index in [2.05, 4.69) is 29.1 Å². The van der Waals surface area contributed by atoms with Crippen molar-refractivity contribution in [1.29, 1.82) is 0 Å². The summed E-state index contributed by atoms with van der Waals surface area (Å²) in [5.41, 5.74) is 0. The summed E-state index contributed by atoms with van der Waals surface area (Å²) in [4.78, 5) is 5.12. The maximum absolute atomic E-state index is 5.76. The highest BCUT2D eigenvalue weighted by Crippen LogP contribution is 2.20. The van der Waals surface area contributed by atoms with Gasteiger partial charge in [0.05, 0.1) is 6.10 Å². The van der Waals surface area contributed by atoms with Crippen LogP contribution >= 0.6 is 0 Å². The molecular weight excluding hydrogens is 226 g/mol. The van der Waals surface area contributed by atoms with Gasteiger partial charge in [0.2, 0.25) is 0 Å². The van der Waals surface area contributed by atoms with Gasteiger partial charge in [-0.05, 0) is 26.3 Å². The van der Waals surface area contributed by atoms with Crippen molar-refractivity contribution in [2.24, 2.45) is 0 Å². The zero-order valence-electron chi connectivity index (χ0n) is 12.0. The van der Waals surface area contributed by atoms with Gasteiger partial charge < -0.3 is 15.0 Å². The van der Waals surface area contributed by atoms with Crippen molar-refractivity contribution in [1.82, 2.24) is 15.1 Å². The first-order chi connectivity index (χ1) is 8.79. The Bertz CT molecular complexity index is 231. The van der Waals surface area contributed by atoms with Gasteiger partial charge in [-0.2, -0.15) is 0 Å². The Hall–Kier alpha value is -0.160. The maximum atomic E-state index is 5.76. The summed E-state index contributed by atoms with van der Waals surface area (Å²) in [5, 5.41) is 3.41. The van der Waals surface area contributed by atoms with Crippen molar-refractivity contribution < 1.29 is 4.74 Å².